The van der Waals surface area contributed by atoms with Gasteiger partial charge in [-0.15, -0.1) is 0 Å². The van der Waals surface area contributed by atoms with E-state index < -0.39 is 0 Å². The van der Waals surface area contributed by atoms with Crippen molar-refractivity contribution < 1.29 is 0 Å². The van der Waals surface area contributed by atoms with Gasteiger partial charge in [0.2, 0.25) is 0 Å². The van der Waals surface area contributed by atoms with E-state index in [0.717, 1.165) is 84.8 Å². The van der Waals surface area contributed by atoms with Crippen molar-refractivity contribution in [3.8, 4) is 0 Å². The van der Waals surface area contributed by atoms with E-state index in [2.05, 4.69) is 35.7 Å². The van der Waals surface area contributed by atoms with Crippen LogP contribution in [0.2, 0.25) is 0 Å². The smallest absolute Gasteiger partial charge is 0.151 e. The molecule has 2 fully saturated rings. The van der Waals surface area contributed by atoms with E-state index in [1.165, 1.54) is 6.42 Å². The molecule has 2 aliphatic heterocycles. The maximum Gasteiger partial charge on any atom is 0.151 e. The van der Waals surface area contributed by atoms with E-state index in [4.69, 9.17) is 20.7 Å². The monoisotopic (exact) mass is 421 g/mol. The molecule has 2 N–H and O–H groups in total. The van der Waals surface area contributed by atoms with Crippen molar-refractivity contribution in [3.63, 3.8) is 0 Å². The first-order valence-corrected chi connectivity index (χ1v) is 11.5. The van der Waals surface area contributed by atoms with Gasteiger partial charge >= 0.3 is 0 Å². The lowest BCUT2D eigenvalue weighted by molar-refractivity contribution is 0.257. The van der Waals surface area contributed by atoms with E-state index in [1.807, 2.05) is 19.3 Å². The van der Waals surface area contributed by atoms with Crippen molar-refractivity contribution in [1.29, 1.82) is 0 Å². The first-order valence-electron chi connectivity index (χ1n) is 11.5. The molecule has 4 rings (SSSR count). The number of allylic oxidation sites excluding steroid dienone is 1. The van der Waals surface area contributed by atoms with Crippen molar-refractivity contribution in [2.45, 2.75) is 52.5 Å². The van der Waals surface area contributed by atoms with Gasteiger partial charge in [0.25, 0.3) is 0 Å². The van der Waals surface area contributed by atoms with Gasteiger partial charge in [0, 0.05) is 42.8 Å². The molecule has 0 bridgehead atoms. The normalized spacial score (nSPS) is 21.6. The summed E-state index contributed by atoms with van der Waals surface area (Å²) in [4.78, 5) is 24.4. The number of aliphatic imine (C=N–C) groups is 1. The van der Waals surface area contributed by atoms with Crippen LogP contribution in [0.3, 0.4) is 0 Å². The van der Waals surface area contributed by atoms with Crippen molar-refractivity contribution >= 4 is 28.6 Å². The van der Waals surface area contributed by atoms with Crippen LogP contribution in [0.15, 0.2) is 17.4 Å². The van der Waals surface area contributed by atoms with Crippen LogP contribution < -0.4 is 10.6 Å². The maximum atomic E-state index is 6.06. The zero-order chi connectivity index (χ0) is 22.0. The molecule has 7 nitrogen and oxygen atoms in total. The number of rotatable bonds is 5. The van der Waals surface area contributed by atoms with Gasteiger partial charge in [-0.3, -0.25) is 9.98 Å². The average Bonchev–Trinajstić information content (AvgIpc) is 3.22. The highest BCUT2D eigenvalue weighted by atomic mass is 15.2. The number of likely N-dealkylation sites (tertiary alicyclic amines) is 1. The highest BCUT2D eigenvalue weighted by Gasteiger charge is 2.24. The molecular weight excluding hydrogens is 386 g/mol. The summed E-state index contributed by atoms with van der Waals surface area (Å²) in [7, 11) is 2.16. The van der Waals surface area contributed by atoms with Crippen molar-refractivity contribution in [2.75, 3.05) is 38.1 Å². The third-order valence-electron chi connectivity index (χ3n) is 6.59. The molecule has 0 radical (unpaired) electrons. The molecule has 7 heteroatoms. The zero-order valence-corrected chi connectivity index (χ0v) is 19.3. The van der Waals surface area contributed by atoms with Gasteiger partial charge in [0.1, 0.15) is 11.0 Å². The Bertz CT molecular complexity index is 989. The van der Waals surface area contributed by atoms with Gasteiger partial charge in [-0.25, -0.2) is 9.97 Å². The summed E-state index contributed by atoms with van der Waals surface area (Å²) in [6.45, 7) is 10.7. The fourth-order valence-electron chi connectivity index (χ4n) is 4.55. The van der Waals surface area contributed by atoms with Crippen molar-refractivity contribution in [1.82, 2.24) is 19.9 Å². The minimum atomic E-state index is 0.343. The Morgan fingerprint density at radius 3 is 2.61 bits per heavy atom. The number of piperidine rings is 1. The topological polar surface area (TPSA) is 83.5 Å². The van der Waals surface area contributed by atoms with Crippen molar-refractivity contribution in [3.05, 3.63) is 29.3 Å². The van der Waals surface area contributed by atoms with E-state index in [1.54, 1.807) is 6.20 Å². The number of hydrogen-bond donors (Lipinski definition) is 1. The third kappa shape index (κ3) is 4.56. The maximum absolute atomic E-state index is 6.06. The summed E-state index contributed by atoms with van der Waals surface area (Å²) in [6, 6.07) is 0.343. The SMILES string of the molecule is CCc1nc2c(C)ncc(C(C=NC3CCN(C)CC3)=CN)c2nc1N1CCC(C)C1. The summed E-state index contributed by atoms with van der Waals surface area (Å²) in [5.74, 6) is 1.69. The molecule has 0 aromatic carbocycles. The number of aryl methyl sites for hydroxylation is 2. The van der Waals surface area contributed by atoms with Crippen LogP contribution in [0.5, 0.6) is 0 Å². The lowest BCUT2D eigenvalue weighted by Crippen LogP contribution is -2.32. The molecule has 0 amide bonds. The molecule has 2 aromatic heterocycles. The Labute approximate surface area is 185 Å². The fraction of sp³-hybridized carbons (Fsp3) is 0.583. The van der Waals surface area contributed by atoms with Crippen LogP contribution in [0.1, 0.15) is 50.1 Å². The molecule has 0 saturated carbocycles. The average molecular weight is 422 g/mol. The Morgan fingerprint density at radius 1 is 1.19 bits per heavy atom. The summed E-state index contributed by atoms with van der Waals surface area (Å²) in [5.41, 5.74) is 11.5. The van der Waals surface area contributed by atoms with E-state index >= 15 is 0 Å². The largest absolute Gasteiger partial charge is 0.404 e. The van der Waals surface area contributed by atoms with Crippen LogP contribution in [0.25, 0.3) is 16.6 Å². The quantitative estimate of drug-likeness (QED) is 0.747. The zero-order valence-electron chi connectivity index (χ0n) is 19.3. The Morgan fingerprint density at radius 2 is 1.97 bits per heavy atom. The van der Waals surface area contributed by atoms with E-state index in [9.17, 15) is 0 Å². The third-order valence-corrected chi connectivity index (χ3v) is 6.59. The predicted molar refractivity (Wildman–Crippen MR) is 129 cm³/mol. The fourth-order valence-corrected chi connectivity index (χ4v) is 4.55. The second kappa shape index (κ2) is 9.30. The molecule has 2 saturated heterocycles. The number of fused-ring (bicyclic) bond motifs is 1. The van der Waals surface area contributed by atoms with Gasteiger partial charge in [0.15, 0.2) is 5.82 Å². The summed E-state index contributed by atoms with van der Waals surface area (Å²) in [6.07, 6.45) is 9.61. The summed E-state index contributed by atoms with van der Waals surface area (Å²) in [5, 5.41) is 0. The molecule has 0 aliphatic carbocycles. The number of aromatic nitrogens is 3. The number of anilines is 1. The molecule has 4 heterocycles. The first kappa shape index (κ1) is 21.7. The molecule has 1 unspecified atom stereocenters. The minimum absolute atomic E-state index is 0.343. The number of nitrogens with two attached hydrogens (primary N) is 1. The van der Waals surface area contributed by atoms with Crippen LogP contribution in [-0.2, 0) is 6.42 Å². The minimum Gasteiger partial charge on any atom is -0.404 e. The number of nitrogens with zero attached hydrogens (tertiary/aromatic N) is 6. The molecule has 1 atom stereocenters. The van der Waals surface area contributed by atoms with Gasteiger partial charge in [-0.2, -0.15) is 0 Å². The van der Waals surface area contributed by atoms with E-state index in [0.29, 0.717) is 12.0 Å². The van der Waals surface area contributed by atoms with Crippen LogP contribution in [0, 0.1) is 12.8 Å². The number of pyridine rings is 1. The molecule has 166 valence electrons. The molecular formula is C24H35N7. The number of hydrogen-bond acceptors (Lipinski definition) is 7. The van der Waals surface area contributed by atoms with Crippen LogP contribution in [0.4, 0.5) is 5.82 Å². The highest BCUT2D eigenvalue weighted by molar-refractivity contribution is 6.13. The van der Waals surface area contributed by atoms with Crippen molar-refractivity contribution in [2.24, 2.45) is 16.6 Å². The molecule has 0 spiro atoms. The highest BCUT2D eigenvalue weighted by Crippen LogP contribution is 2.30. The Balaban J connectivity index is 1.73. The molecule has 2 aliphatic rings. The predicted octanol–water partition coefficient (Wildman–Crippen LogP) is 3.21. The van der Waals surface area contributed by atoms with Gasteiger partial charge in [0.05, 0.1) is 17.4 Å². The lowest BCUT2D eigenvalue weighted by atomic mass is 10.0. The molecule has 31 heavy (non-hydrogen) atoms. The molecule has 2 aromatic rings. The Hall–Kier alpha value is -2.54. The van der Waals surface area contributed by atoms with Gasteiger partial charge in [-0.1, -0.05) is 13.8 Å². The standard InChI is InChI=1S/C24H35N7/c1-5-21-24(31-11-6-16(2)15-31)29-23-20(14-26-17(3)22(23)28-21)18(12-25)13-27-19-7-9-30(4)10-8-19/h12-14,16,19H,5-11,15,25H2,1-4H3. The second-order valence-corrected chi connectivity index (χ2v) is 9.08. The van der Waals surface area contributed by atoms with Crippen LogP contribution >= 0.6 is 0 Å². The van der Waals surface area contributed by atoms with Gasteiger partial charge < -0.3 is 15.5 Å². The van der Waals surface area contributed by atoms with E-state index in [-0.39, 0.29) is 0 Å². The van der Waals surface area contributed by atoms with Gasteiger partial charge in [-0.05, 0) is 58.7 Å². The summed E-state index contributed by atoms with van der Waals surface area (Å²) < 4.78 is 0. The second-order valence-electron chi connectivity index (χ2n) is 9.08. The summed E-state index contributed by atoms with van der Waals surface area (Å²) >= 11 is 0. The Kier molecular flexibility index (Phi) is 6.51. The lowest BCUT2D eigenvalue weighted by Gasteiger charge is -2.26. The first-order chi connectivity index (χ1) is 15.0. The van der Waals surface area contributed by atoms with Crippen LogP contribution in [-0.4, -0.2) is 65.3 Å².